The van der Waals surface area contributed by atoms with Crippen LogP contribution in [0.3, 0.4) is 0 Å². The molecule has 114 valence electrons. The number of nitrogens with one attached hydrogen (secondary N) is 1. The van der Waals surface area contributed by atoms with E-state index in [9.17, 15) is 13.2 Å². The van der Waals surface area contributed by atoms with Crippen LogP contribution >= 0.6 is 0 Å². The van der Waals surface area contributed by atoms with E-state index < -0.39 is 21.5 Å². The van der Waals surface area contributed by atoms with Crippen molar-refractivity contribution in [2.75, 3.05) is 11.1 Å². The zero-order chi connectivity index (χ0) is 15.6. The fraction of sp³-hybridized carbons (Fsp3) is 0.235. The summed E-state index contributed by atoms with van der Waals surface area (Å²) in [5, 5.41) is 2.68. The molecule has 5 heteroatoms. The molecular weight excluding hydrogens is 298 g/mol. The van der Waals surface area contributed by atoms with Gasteiger partial charge in [-0.3, -0.25) is 4.79 Å². The largest absolute Gasteiger partial charge is 0.325 e. The molecule has 0 atom stereocenters. The molecule has 0 aromatic heterocycles. The van der Waals surface area contributed by atoms with Crippen molar-refractivity contribution < 1.29 is 13.2 Å². The van der Waals surface area contributed by atoms with Crippen molar-refractivity contribution in [3.05, 3.63) is 59.7 Å². The van der Waals surface area contributed by atoms with E-state index in [0.717, 1.165) is 19.3 Å². The number of aryl methyl sites for hydroxylation is 2. The number of fused-ring (bicyclic) bond motifs is 1. The minimum absolute atomic E-state index is 0.166. The van der Waals surface area contributed by atoms with Crippen molar-refractivity contribution in [2.45, 2.75) is 24.2 Å². The second kappa shape index (κ2) is 5.93. The number of hydrogen-bond donors (Lipinski definition) is 1. The molecule has 0 saturated carbocycles. The zero-order valence-corrected chi connectivity index (χ0v) is 12.9. The Hall–Kier alpha value is -2.14. The van der Waals surface area contributed by atoms with Crippen LogP contribution in [0.15, 0.2) is 53.4 Å². The Morgan fingerprint density at radius 3 is 2.50 bits per heavy atom. The third-order valence-corrected chi connectivity index (χ3v) is 5.44. The molecule has 4 nitrogen and oxygen atoms in total. The maximum absolute atomic E-state index is 12.2. The standard InChI is InChI=1S/C17H17NO3S/c19-17(12-22(20,21)16-7-2-1-3-8-16)18-15-10-9-13-5-4-6-14(13)11-15/h1-3,7-11H,4-6,12H2,(H,18,19). The average molecular weight is 315 g/mol. The third-order valence-electron chi connectivity index (χ3n) is 3.81. The summed E-state index contributed by atoms with van der Waals surface area (Å²) in [7, 11) is -3.60. The van der Waals surface area contributed by atoms with E-state index in [-0.39, 0.29) is 4.90 Å². The fourth-order valence-corrected chi connectivity index (χ4v) is 3.89. The molecule has 1 aliphatic carbocycles. The molecule has 3 rings (SSSR count). The van der Waals surface area contributed by atoms with Gasteiger partial charge in [-0.2, -0.15) is 0 Å². The lowest BCUT2D eigenvalue weighted by molar-refractivity contribution is -0.113. The van der Waals surface area contributed by atoms with Crippen LogP contribution in [0.5, 0.6) is 0 Å². The van der Waals surface area contributed by atoms with Crippen LogP contribution in [0, 0.1) is 0 Å². The van der Waals surface area contributed by atoms with Crippen LogP contribution in [0.2, 0.25) is 0 Å². The van der Waals surface area contributed by atoms with Crippen LogP contribution in [-0.4, -0.2) is 20.1 Å². The number of amides is 1. The Morgan fingerprint density at radius 1 is 1.00 bits per heavy atom. The highest BCUT2D eigenvalue weighted by Crippen LogP contribution is 2.25. The average Bonchev–Trinajstić information content (AvgIpc) is 2.95. The number of carbonyl (C=O) groups excluding carboxylic acids is 1. The van der Waals surface area contributed by atoms with Crippen molar-refractivity contribution >= 4 is 21.4 Å². The molecule has 0 heterocycles. The van der Waals surface area contributed by atoms with Gasteiger partial charge < -0.3 is 5.32 Å². The number of anilines is 1. The highest BCUT2D eigenvalue weighted by molar-refractivity contribution is 7.92. The number of sulfone groups is 1. The van der Waals surface area contributed by atoms with Gasteiger partial charge >= 0.3 is 0 Å². The molecule has 0 aliphatic heterocycles. The van der Waals surface area contributed by atoms with Gasteiger partial charge in [-0.25, -0.2) is 8.42 Å². The van der Waals surface area contributed by atoms with Gasteiger partial charge in [0.1, 0.15) is 5.75 Å². The van der Waals surface area contributed by atoms with Crippen LogP contribution in [0.4, 0.5) is 5.69 Å². The van der Waals surface area contributed by atoms with Gasteiger partial charge in [0.05, 0.1) is 4.90 Å². The molecule has 0 bridgehead atoms. The smallest absolute Gasteiger partial charge is 0.239 e. The molecule has 0 spiro atoms. The second-order valence-electron chi connectivity index (χ2n) is 5.46. The van der Waals surface area contributed by atoms with Gasteiger partial charge in [0.25, 0.3) is 0 Å². The Balaban J connectivity index is 1.70. The zero-order valence-electron chi connectivity index (χ0n) is 12.1. The van der Waals surface area contributed by atoms with Gasteiger partial charge in [-0.15, -0.1) is 0 Å². The van der Waals surface area contributed by atoms with E-state index in [1.165, 1.54) is 23.3 Å². The molecule has 1 aliphatic rings. The fourth-order valence-electron chi connectivity index (χ4n) is 2.73. The number of carbonyl (C=O) groups is 1. The lowest BCUT2D eigenvalue weighted by Gasteiger charge is -2.08. The van der Waals surface area contributed by atoms with Crippen LogP contribution in [-0.2, 0) is 27.5 Å². The first-order chi connectivity index (χ1) is 10.5. The first-order valence-corrected chi connectivity index (χ1v) is 8.89. The number of rotatable bonds is 4. The highest BCUT2D eigenvalue weighted by Gasteiger charge is 2.19. The Kier molecular flexibility index (Phi) is 3.98. The van der Waals surface area contributed by atoms with Crippen molar-refractivity contribution in [3.8, 4) is 0 Å². The molecule has 0 unspecified atom stereocenters. The summed E-state index contributed by atoms with van der Waals surface area (Å²) in [4.78, 5) is 12.2. The monoisotopic (exact) mass is 315 g/mol. The minimum Gasteiger partial charge on any atom is -0.325 e. The topological polar surface area (TPSA) is 63.2 Å². The van der Waals surface area contributed by atoms with Gasteiger partial charge in [0, 0.05) is 5.69 Å². The van der Waals surface area contributed by atoms with Crippen molar-refractivity contribution in [2.24, 2.45) is 0 Å². The maximum Gasteiger partial charge on any atom is 0.239 e. The second-order valence-corrected chi connectivity index (χ2v) is 7.45. The molecule has 0 fully saturated rings. The predicted octanol–water partition coefficient (Wildman–Crippen LogP) is 2.59. The Labute approximate surface area is 130 Å². The van der Waals surface area contributed by atoms with Crippen molar-refractivity contribution in [3.63, 3.8) is 0 Å². The summed E-state index contributed by atoms with van der Waals surface area (Å²) < 4.78 is 24.3. The molecule has 1 amide bonds. The lowest BCUT2D eigenvalue weighted by Crippen LogP contribution is -2.23. The third kappa shape index (κ3) is 3.20. The van der Waals surface area contributed by atoms with Crippen LogP contribution in [0.25, 0.3) is 0 Å². The van der Waals surface area contributed by atoms with E-state index in [2.05, 4.69) is 5.32 Å². The van der Waals surface area contributed by atoms with Crippen molar-refractivity contribution in [1.82, 2.24) is 0 Å². The summed E-state index contributed by atoms with van der Waals surface area (Å²) in [5.41, 5.74) is 3.22. The molecule has 0 saturated heterocycles. The molecule has 0 radical (unpaired) electrons. The van der Waals surface area contributed by atoms with E-state index >= 15 is 0 Å². The number of benzene rings is 2. The highest BCUT2D eigenvalue weighted by atomic mass is 32.2. The van der Waals surface area contributed by atoms with Gasteiger partial charge in [0.15, 0.2) is 9.84 Å². The van der Waals surface area contributed by atoms with Crippen LogP contribution < -0.4 is 5.32 Å². The normalized spacial score (nSPS) is 13.6. The Morgan fingerprint density at radius 2 is 1.73 bits per heavy atom. The van der Waals surface area contributed by atoms with E-state index in [1.807, 2.05) is 18.2 Å². The molecular formula is C17H17NO3S. The maximum atomic E-state index is 12.2. The predicted molar refractivity (Wildman–Crippen MR) is 85.6 cm³/mol. The quantitative estimate of drug-likeness (QED) is 0.943. The van der Waals surface area contributed by atoms with E-state index in [1.54, 1.807) is 18.2 Å². The summed E-state index contributed by atoms with van der Waals surface area (Å²) in [5.74, 6) is -1.06. The van der Waals surface area contributed by atoms with Gasteiger partial charge in [-0.1, -0.05) is 24.3 Å². The van der Waals surface area contributed by atoms with Crippen molar-refractivity contribution in [1.29, 1.82) is 0 Å². The number of hydrogen-bond acceptors (Lipinski definition) is 3. The Bertz CT molecular complexity index is 798. The van der Waals surface area contributed by atoms with E-state index in [4.69, 9.17) is 0 Å². The first kappa shape index (κ1) is 14.8. The SMILES string of the molecule is O=C(CS(=O)(=O)c1ccccc1)Nc1ccc2c(c1)CCC2. The molecule has 22 heavy (non-hydrogen) atoms. The van der Waals surface area contributed by atoms with Crippen LogP contribution in [0.1, 0.15) is 17.5 Å². The molecule has 2 aromatic rings. The molecule has 2 aromatic carbocycles. The van der Waals surface area contributed by atoms with E-state index in [0.29, 0.717) is 5.69 Å². The molecule has 1 N–H and O–H groups in total. The summed E-state index contributed by atoms with van der Waals surface area (Å²) in [6.45, 7) is 0. The lowest BCUT2D eigenvalue weighted by atomic mass is 10.1. The summed E-state index contributed by atoms with van der Waals surface area (Å²) >= 11 is 0. The summed E-state index contributed by atoms with van der Waals surface area (Å²) in [6, 6.07) is 13.8. The van der Waals surface area contributed by atoms with Gasteiger partial charge in [0.2, 0.25) is 5.91 Å². The van der Waals surface area contributed by atoms with Gasteiger partial charge in [-0.05, 0) is 54.7 Å². The minimum atomic E-state index is -3.60. The first-order valence-electron chi connectivity index (χ1n) is 7.24. The summed E-state index contributed by atoms with van der Waals surface area (Å²) in [6.07, 6.45) is 3.22.